The largest absolute Gasteiger partial charge is 0.391 e. The number of β-amino-alcohol motifs (C(OH)–C–C–N with tert-alkyl or cyclic N) is 1. The fraction of sp³-hybridized carbons (Fsp3) is 0.375. The highest BCUT2D eigenvalue weighted by Gasteiger charge is 2.35. The van der Waals surface area contributed by atoms with Gasteiger partial charge in [-0.15, -0.1) is 0 Å². The molecule has 2 heterocycles. The van der Waals surface area contributed by atoms with Gasteiger partial charge in [-0.1, -0.05) is 6.07 Å². The van der Waals surface area contributed by atoms with Gasteiger partial charge < -0.3 is 10.0 Å². The van der Waals surface area contributed by atoms with Crippen LogP contribution >= 0.6 is 0 Å². The van der Waals surface area contributed by atoms with Crippen molar-refractivity contribution in [3.05, 3.63) is 53.4 Å². The zero-order valence-electron chi connectivity index (χ0n) is 12.6. The van der Waals surface area contributed by atoms with Gasteiger partial charge in [0.25, 0.3) is 0 Å². The fourth-order valence-electron chi connectivity index (χ4n) is 2.96. The molecule has 122 valence electrons. The van der Waals surface area contributed by atoms with Crippen LogP contribution in [0.4, 0.5) is 8.78 Å². The number of carbonyl (C=O) groups is 1. The monoisotopic (exact) mass is 321 g/mol. The number of likely N-dealkylation sites (tertiary alicyclic amines) is 1. The second kappa shape index (κ2) is 6.08. The molecule has 0 bridgehead atoms. The second-order valence-corrected chi connectivity index (χ2v) is 5.82. The van der Waals surface area contributed by atoms with Crippen LogP contribution in [0.2, 0.25) is 0 Å². The van der Waals surface area contributed by atoms with Gasteiger partial charge in [0.15, 0.2) is 11.6 Å². The van der Waals surface area contributed by atoms with Crippen molar-refractivity contribution < 1.29 is 18.7 Å². The number of aromatic nitrogens is 2. The molecule has 1 fully saturated rings. The maximum absolute atomic E-state index is 13.5. The van der Waals surface area contributed by atoms with Gasteiger partial charge in [0.2, 0.25) is 5.91 Å². The zero-order valence-corrected chi connectivity index (χ0v) is 12.6. The van der Waals surface area contributed by atoms with Crippen LogP contribution in [0.15, 0.2) is 30.6 Å². The minimum absolute atomic E-state index is 0.154. The number of carbonyl (C=O) groups excluding carboxylic acids is 1. The Morgan fingerprint density at radius 2 is 2.17 bits per heavy atom. The van der Waals surface area contributed by atoms with Crippen LogP contribution in [0.5, 0.6) is 0 Å². The summed E-state index contributed by atoms with van der Waals surface area (Å²) in [6.07, 6.45) is 3.14. The highest BCUT2D eigenvalue weighted by Crippen LogP contribution is 2.33. The quantitative estimate of drug-likeness (QED) is 0.934. The highest BCUT2D eigenvalue weighted by molar-refractivity contribution is 5.79. The molecular formula is C16H17F2N3O2. The van der Waals surface area contributed by atoms with E-state index in [9.17, 15) is 18.7 Å². The van der Waals surface area contributed by atoms with E-state index in [2.05, 4.69) is 5.10 Å². The number of rotatable bonds is 3. The number of nitrogens with zero attached hydrogens (tertiary/aromatic N) is 3. The Morgan fingerprint density at radius 3 is 2.83 bits per heavy atom. The Hall–Kier alpha value is -2.28. The first kappa shape index (κ1) is 15.6. The van der Waals surface area contributed by atoms with Crippen molar-refractivity contribution in [1.82, 2.24) is 14.7 Å². The third-order valence-corrected chi connectivity index (χ3v) is 4.04. The number of aryl methyl sites for hydroxylation is 1. The van der Waals surface area contributed by atoms with Crippen molar-refractivity contribution in [2.24, 2.45) is 7.05 Å². The van der Waals surface area contributed by atoms with Crippen LogP contribution in [0, 0.1) is 11.6 Å². The number of halogens is 2. The molecule has 1 aliphatic heterocycles. The standard InChI is InChI=1S/C16H17F2N3O2/c1-20-8-10(7-19-20)4-16(23)21-9-12(22)6-15(21)11-2-3-13(17)14(18)5-11/h2-3,5,7-8,12,15,22H,4,6,9H2,1H3/t12-,15+/m0/s1. The molecular weight excluding hydrogens is 304 g/mol. The summed E-state index contributed by atoms with van der Waals surface area (Å²) in [7, 11) is 1.76. The molecule has 0 aliphatic carbocycles. The third-order valence-electron chi connectivity index (χ3n) is 4.04. The van der Waals surface area contributed by atoms with E-state index < -0.39 is 23.8 Å². The Kier molecular flexibility index (Phi) is 4.12. The molecule has 1 aliphatic rings. The number of benzene rings is 1. The molecule has 23 heavy (non-hydrogen) atoms. The van der Waals surface area contributed by atoms with E-state index in [1.807, 2.05) is 0 Å². The first-order chi connectivity index (χ1) is 10.9. The lowest BCUT2D eigenvalue weighted by Crippen LogP contribution is -2.33. The molecule has 0 saturated carbocycles. The summed E-state index contributed by atoms with van der Waals surface area (Å²) in [5.74, 6) is -2.06. The topological polar surface area (TPSA) is 58.4 Å². The van der Waals surface area contributed by atoms with Crippen LogP contribution in [0.25, 0.3) is 0 Å². The van der Waals surface area contributed by atoms with E-state index in [1.54, 1.807) is 24.1 Å². The van der Waals surface area contributed by atoms with Crippen LogP contribution in [0.3, 0.4) is 0 Å². The smallest absolute Gasteiger partial charge is 0.227 e. The molecule has 1 aromatic heterocycles. The summed E-state index contributed by atoms with van der Waals surface area (Å²) in [6.45, 7) is 0.183. The van der Waals surface area contributed by atoms with Crippen LogP contribution in [-0.2, 0) is 18.3 Å². The Balaban J connectivity index is 1.81. The fourth-order valence-corrected chi connectivity index (χ4v) is 2.96. The summed E-state index contributed by atoms with van der Waals surface area (Å²) in [6, 6.07) is 3.12. The zero-order chi connectivity index (χ0) is 16.6. The highest BCUT2D eigenvalue weighted by atomic mass is 19.2. The van der Waals surface area contributed by atoms with Crippen molar-refractivity contribution >= 4 is 5.91 Å². The number of hydrogen-bond donors (Lipinski definition) is 1. The molecule has 2 atom stereocenters. The van der Waals surface area contributed by atoms with Gasteiger partial charge in [0, 0.05) is 19.8 Å². The van der Waals surface area contributed by atoms with Crippen molar-refractivity contribution in [1.29, 1.82) is 0 Å². The van der Waals surface area contributed by atoms with Gasteiger partial charge >= 0.3 is 0 Å². The Labute approximate surface area is 132 Å². The van der Waals surface area contributed by atoms with Crippen molar-refractivity contribution in [2.75, 3.05) is 6.54 Å². The molecule has 0 spiro atoms. The van der Waals surface area contributed by atoms with E-state index in [-0.39, 0.29) is 18.9 Å². The molecule has 1 amide bonds. The molecule has 0 unspecified atom stereocenters. The molecule has 2 aromatic rings. The van der Waals surface area contributed by atoms with Crippen LogP contribution < -0.4 is 0 Å². The van der Waals surface area contributed by atoms with Crippen molar-refractivity contribution in [3.63, 3.8) is 0 Å². The lowest BCUT2D eigenvalue weighted by Gasteiger charge is -2.24. The lowest BCUT2D eigenvalue weighted by molar-refractivity contribution is -0.131. The van der Waals surface area contributed by atoms with Gasteiger partial charge in [-0.25, -0.2) is 8.78 Å². The van der Waals surface area contributed by atoms with Gasteiger partial charge in [-0.3, -0.25) is 9.48 Å². The second-order valence-electron chi connectivity index (χ2n) is 5.82. The summed E-state index contributed by atoms with van der Waals surface area (Å²) in [4.78, 5) is 14.0. The molecule has 1 saturated heterocycles. The average Bonchev–Trinajstić information content (AvgIpc) is 3.08. The van der Waals surface area contributed by atoms with Gasteiger partial charge in [-0.2, -0.15) is 5.10 Å². The van der Waals surface area contributed by atoms with Crippen LogP contribution in [-0.4, -0.2) is 38.3 Å². The van der Waals surface area contributed by atoms with Gasteiger partial charge in [0.05, 0.1) is 24.8 Å². The number of aliphatic hydroxyl groups excluding tert-OH is 1. The normalized spacial score (nSPS) is 21.0. The third kappa shape index (κ3) is 3.24. The maximum atomic E-state index is 13.5. The first-order valence-electron chi connectivity index (χ1n) is 7.34. The summed E-state index contributed by atoms with van der Waals surface area (Å²) < 4.78 is 28.2. The van der Waals surface area contributed by atoms with Gasteiger partial charge in [0.1, 0.15) is 0 Å². The predicted molar refractivity (Wildman–Crippen MR) is 78.3 cm³/mol. The van der Waals surface area contributed by atoms with Gasteiger partial charge in [-0.05, 0) is 29.7 Å². The number of aliphatic hydroxyl groups is 1. The minimum Gasteiger partial charge on any atom is -0.391 e. The average molecular weight is 321 g/mol. The molecule has 1 N–H and O–H groups in total. The van der Waals surface area contributed by atoms with Crippen molar-refractivity contribution in [3.8, 4) is 0 Å². The Morgan fingerprint density at radius 1 is 1.39 bits per heavy atom. The molecule has 0 radical (unpaired) electrons. The van der Waals surface area contributed by atoms with E-state index in [1.165, 1.54) is 11.0 Å². The van der Waals surface area contributed by atoms with E-state index in [0.717, 1.165) is 17.7 Å². The molecule has 5 nitrogen and oxygen atoms in total. The van der Waals surface area contributed by atoms with Crippen molar-refractivity contribution in [2.45, 2.75) is 25.0 Å². The summed E-state index contributed by atoms with van der Waals surface area (Å²) in [5.41, 5.74) is 1.25. The number of amides is 1. The first-order valence-corrected chi connectivity index (χ1v) is 7.34. The molecule has 7 heteroatoms. The van der Waals surface area contributed by atoms with E-state index >= 15 is 0 Å². The van der Waals surface area contributed by atoms with E-state index in [0.29, 0.717) is 12.0 Å². The van der Waals surface area contributed by atoms with E-state index in [4.69, 9.17) is 0 Å². The minimum atomic E-state index is -0.955. The maximum Gasteiger partial charge on any atom is 0.227 e. The van der Waals surface area contributed by atoms with Crippen LogP contribution in [0.1, 0.15) is 23.6 Å². The SMILES string of the molecule is Cn1cc(CC(=O)N2C[C@@H](O)C[C@@H]2c2ccc(F)c(F)c2)cn1. The summed E-state index contributed by atoms with van der Waals surface area (Å²) >= 11 is 0. The number of hydrogen-bond acceptors (Lipinski definition) is 3. The lowest BCUT2D eigenvalue weighted by atomic mass is 10.0. The molecule has 3 rings (SSSR count). The Bertz CT molecular complexity index is 732. The molecule has 1 aromatic carbocycles. The predicted octanol–water partition coefficient (Wildman–Crippen LogP) is 1.58. The summed E-state index contributed by atoms with van der Waals surface area (Å²) in [5, 5.41) is 13.9.